The van der Waals surface area contributed by atoms with Crippen LogP contribution in [0.3, 0.4) is 0 Å². The second kappa shape index (κ2) is 15.6. The first-order valence-corrected chi connectivity index (χ1v) is 15.6. The molecule has 1 aromatic carbocycles. The maximum atomic E-state index is 12.8. The van der Waals surface area contributed by atoms with E-state index in [1.54, 1.807) is 53.4 Å². The summed E-state index contributed by atoms with van der Waals surface area (Å²) in [7, 11) is 3.20. The number of methoxy groups -OCH3 is 1. The van der Waals surface area contributed by atoms with Gasteiger partial charge in [-0.05, 0) is 73.7 Å². The molecule has 1 aliphatic carbocycles. The second-order valence-electron chi connectivity index (χ2n) is 11.6. The van der Waals surface area contributed by atoms with Crippen LogP contribution in [0.15, 0.2) is 78.6 Å². The monoisotopic (exact) mass is 644 g/mol. The quantitative estimate of drug-likeness (QED) is 0.213. The molecule has 0 atom stereocenters. The molecule has 2 heterocycles. The predicted octanol–water partition coefficient (Wildman–Crippen LogP) is 6.93. The number of hydrogen-bond acceptors (Lipinski definition) is 7. The van der Waals surface area contributed by atoms with Crippen LogP contribution >= 0.6 is 11.6 Å². The number of halogens is 1. The van der Waals surface area contributed by atoms with Crippen molar-refractivity contribution in [2.45, 2.75) is 46.1 Å². The number of benzene rings is 1. The summed E-state index contributed by atoms with van der Waals surface area (Å²) in [6, 6.07) is 15.7. The maximum Gasteiger partial charge on any atom is 0.410 e. The van der Waals surface area contributed by atoms with E-state index in [0.29, 0.717) is 17.3 Å². The van der Waals surface area contributed by atoms with Gasteiger partial charge < -0.3 is 24.4 Å². The molecular formula is C36H41ClN4O5. The van der Waals surface area contributed by atoms with Gasteiger partial charge in [-0.25, -0.2) is 9.78 Å². The Morgan fingerprint density at radius 1 is 1.09 bits per heavy atom. The molecule has 2 aromatic heterocycles. The van der Waals surface area contributed by atoms with Crippen molar-refractivity contribution in [3.05, 3.63) is 101 Å². The molecule has 0 bridgehead atoms. The van der Waals surface area contributed by atoms with E-state index in [1.165, 1.54) is 11.0 Å². The molecule has 4 rings (SSSR count). The molecule has 0 saturated heterocycles. The Morgan fingerprint density at radius 2 is 1.89 bits per heavy atom. The molecule has 1 aliphatic rings. The molecule has 242 valence electrons. The third kappa shape index (κ3) is 8.75. The van der Waals surface area contributed by atoms with Crippen LogP contribution in [0, 0.1) is 0 Å². The number of rotatable bonds is 12. The summed E-state index contributed by atoms with van der Waals surface area (Å²) in [5.74, 6) is 0.917. The second-order valence-corrected chi connectivity index (χ2v) is 12.0. The summed E-state index contributed by atoms with van der Waals surface area (Å²) in [5.41, 5.74) is 6.22. The molecule has 0 aliphatic heterocycles. The third-order valence-corrected chi connectivity index (χ3v) is 7.67. The van der Waals surface area contributed by atoms with Crippen LogP contribution in [-0.2, 0) is 16.0 Å². The molecule has 0 saturated carbocycles. The number of nitrogens with one attached hydrogen (secondary N) is 1. The van der Waals surface area contributed by atoms with Crippen LogP contribution in [-0.4, -0.2) is 66.3 Å². The van der Waals surface area contributed by atoms with Gasteiger partial charge >= 0.3 is 6.09 Å². The van der Waals surface area contributed by atoms with Crippen LogP contribution in [0.1, 0.15) is 56.5 Å². The molecule has 0 spiro atoms. The van der Waals surface area contributed by atoms with Crippen LogP contribution < -0.4 is 14.8 Å². The molecule has 1 N–H and O–H groups in total. The van der Waals surface area contributed by atoms with Crippen LogP contribution in [0.5, 0.6) is 11.6 Å². The average Bonchev–Trinajstić information content (AvgIpc) is 3.37. The number of amides is 2. The summed E-state index contributed by atoms with van der Waals surface area (Å²) in [5, 5.41) is 3.20. The number of aromatic nitrogens is 2. The highest BCUT2D eigenvalue weighted by Gasteiger charge is 2.27. The van der Waals surface area contributed by atoms with Gasteiger partial charge in [0, 0.05) is 55.7 Å². The molecule has 0 radical (unpaired) electrons. The number of pyridine rings is 2. The van der Waals surface area contributed by atoms with Crippen molar-refractivity contribution >= 4 is 39.8 Å². The van der Waals surface area contributed by atoms with Gasteiger partial charge in [0.25, 0.3) is 0 Å². The van der Waals surface area contributed by atoms with E-state index in [2.05, 4.69) is 28.3 Å². The van der Waals surface area contributed by atoms with Crippen LogP contribution in [0.2, 0.25) is 0 Å². The number of likely N-dealkylation sites (N-methyl/N-ethyl adjacent to an activating group) is 1. The van der Waals surface area contributed by atoms with Gasteiger partial charge in [0.15, 0.2) is 0 Å². The first-order chi connectivity index (χ1) is 22.0. The van der Waals surface area contributed by atoms with Crippen LogP contribution in [0.4, 0.5) is 4.79 Å². The molecular weight excluding hydrogens is 604 g/mol. The van der Waals surface area contributed by atoms with Crippen molar-refractivity contribution in [1.82, 2.24) is 20.2 Å². The molecule has 3 aromatic rings. The zero-order valence-electron chi connectivity index (χ0n) is 27.2. The molecule has 9 nitrogen and oxygen atoms in total. The Kier molecular flexibility index (Phi) is 11.6. The fourth-order valence-electron chi connectivity index (χ4n) is 5.08. The van der Waals surface area contributed by atoms with E-state index in [4.69, 9.17) is 25.8 Å². The lowest BCUT2D eigenvalue weighted by molar-refractivity contribution is -0.116. The summed E-state index contributed by atoms with van der Waals surface area (Å²) in [6.07, 6.45) is 7.39. The van der Waals surface area contributed by atoms with Gasteiger partial charge in [-0.1, -0.05) is 42.8 Å². The molecule has 46 heavy (non-hydrogen) atoms. The van der Waals surface area contributed by atoms with Gasteiger partial charge in [0.2, 0.25) is 11.8 Å². The highest BCUT2D eigenvalue weighted by molar-refractivity contribution is 6.51. The molecule has 2 amide bonds. The number of nitrogens with zero attached hydrogens (tertiary/aromatic N) is 3. The number of allylic oxidation sites excluding steroid dienone is 3. The Morgan fingerprint density at radius 3 is 2.54 bits per heavy atom. The largest absolute Gasteiger partial charge is 0.497 e. The number of fused-ring (bicyclic) bond motifs is 1. The minimum atomic E-state index is -0.666. The smallest absolute Gasteiger partial charge is 0.410 e. The molecule has 0 unspecified atom stereocenters. The van der Waals surface area contributed by atoms with E-state index in [0.717, 1.165) is 51.3 Å². The zero-order chi connectivity index (χ0) is 33.3. The van der Waals surface area contributed by atoms with Gasteiger partial charge in [0.05, 0.1) is 24.4 Å². The summed E-state index contributed by atoms with van der Waals surface area (Å²) in [4.78, 5) is 35.1. The van der Waals surface area contributed by atoms with E-state index >= 15 is 0 Å². The van der Waals surface area contributed by atoms with E-state index in [1.807, 2.05) is 42.5 Å². The average molecular weight is 645 g/mol. The predicted molar refractivity (Wildman–Crippen MR) is 182 cm³/mol. The fraction of sp³-hybridized carbons (Fsp3) is 0.333. The van der Waals surface area contributed by atoms with E-state index in [9.17, 15) is 9.59 Å². The number of carbonyl (C=O) groups excluding carboxylic acids is 2. The fourth-order valence-corrected chi connectivity index (χ4v) is 5.41. The first-order valence-electron chi connectivity index (χ1n) is 15.2. The topological polar surface area (TPSA) is 103 Å². The Balaban J connectivity index is 1.60. The maximum absolute atomic E-state index is 12.8. The molecule has 0 fully saturated rings. The van der Waals surface area contributed by atoms with Crippen molar-refractivity contribution in [2.75, 3.05) is 33.9 Å². The minimum Gasteiger partial charge on any atom is -0.497 e. The van der Waals surface area contributed by atoms with Crippen molar-refractivity contribution in [3.8, 4) is 11.6 Å². The van der Waals surface area contributed by atoms with Crippen molar-refractivity contribution in [1.29, 1.82) is 0 Å². The highest BCUT2D eigenvalue weighted by atomic mass is 35.5. The summed E-state index contributed by atoms with van der Waals surface area (Å²) < 4.78 is 17.0. The van der Waals surface area contributed by atoms with Gasteiger partial charge in [-0.3, -0.25) is 9.78 Å². The Hall–Kier alpha value is -4.63. The summed E-state index contributed by atoms with van der Waals surface area (Å²) in [6.45, 7) is 8.11. The highest BCUT2D eigenvalue weighted by Crippen LogP contribution is 2.45. The van der Waals surface area contributed by atoms with Crippen molar-refractivity contribution in [3.63, 3.8) is 0 Å². The number of hydrogen-bond donors (Lipinski definition) is 1. The van der Waals surface area contributed by atoms with E-state index in [-0.39, 0.29) is 25.6 Å². The number of carbonyl (C=O) groups is 2. The lowest BCUT2D eigenvalue weighted by Crippen LogP contribution is -2.39. The zero-order valence-corrected chi connectivity index (χ0v) is 28.0. The van der Waals surface area contributed by atoms with E-state index < -0.39 is 11.7 Å². The molecule has 10 heteroatoms. The van der Waals surface area contributed by atoms with Crippen molar-refractivity contribution in [2.24, 2.45) is 0 Å². The Labute approximate surface area is 275 Å². The SMILES string of the molecule is CC/C(=C(\C1=C(Cl)c2cccnc2C1)c1ccc(OCCN(C/C=C/C(=O)NC)C(=O)OC(C)(C)C)nc1)c1cccc(OC)c1. The summed E-state index contributed by atoms with van der Waals surface area (Å²) >= 11 is 7.02. The van der Waals surface area contributed by atoms with Gasteiger partial charge in [-0.2, -0.15) is 0 Å². The Bertz CT molecular complexity index is 1640. The standard InChI is InChI=1S/C36H41ClN4O5/c1-7-27(24-11-8-12-26(21-24)44-6)33(29-22-30-28(34(29)37)13-9-17-39-30)25-15-16-32(40-23-25)45-20-19-41(18-10-14-31(42)38-5)35(43)46-36(2,3)4/h8-17,21,23H,7,18-20,22H2,1-6H3,(H,38,42)/b14-10+,33-27+. The van der Waals surface area contributed by atoms with Gasteiger partial charge in [-0.15, -0.1) is 0 Å². The normalized spacial score (nSPS) is 13.3. The first kappa shape index (κ1) is 34.2. The lowest BCUT2D eigenvalue weighted by Gasteiger charge is -2.26. The van der Waals surface area contributed by atoms with Crippen LogP contribution in [0.25, 0.3) is 16.2 Å². The lowest BCUT2D eigenvalue weighted by atomic mass is 9.88. The van der Waals surface area contributed by atoms with Crippen molar-refractivity contribution < 1.29 is 23.8 Å². The van der Waals surface area contributed by atoms with Gasteiger partial charge in [0.1, 0.15) is 18.0 Å². The minimum absolute atomic E-state index is 0.171. The number of ether oxygens (including phenoxy) is 3. The third-order valence-electron chi connectivity index (χ3n) is 7.24.